The van der Waals surface area contributed by atoms with E-state index in [1.54, 1.807) is 19.1 Å². The Balaban J connectivity index is 2.73. The number of aryl methyl sites for hydroxylation is 1. The van der Waals surface area contributed by atoms with E-state index in [1.807, 2.05) is 13.0 Å². The minimum atomic E-state index is 0.235. The highest BCUT2D eigenvalue weighted by molar-refractivity contribution is 5.75. The summed E-state index contributed by atoms with van der Waals surface area (Å²) in [6, 6.07) is 5.40. The van der Waals surface area contributed by atoms with Crippen LogP contribution in [0.5, 0.6) is 5.75 Å². The van der Waals surface area contributed by atoms with Gasteiger partial charge >= 0.3 is 0 Å². The van der Waals surface area contributed by atoms with Crippen molar-refractivity contribution < 1.29 is 9.90 Å². The number of hydrogen-bond donors (Lipinski definition) is 1. The number of phenolic OH excluding ortho intramolecular Hbond substituents is 1. The molecule has 1 rings (SSSR count). The molecule has 0 saturated heterocycles. The molecular weight excluding hydrogens is 188 g/mol. The van der Waals surface area contributed by atoms with Crippen LogP contribution in [0.3, 0.4) is 0 Å². The minimum Gasteiger partial charge on any atom is -0.508 e. The van der Waals surface area contributed by atoms with Crippen LogP contribution in [0.2, 0.25) is 0 Å². The van der Waals surface area contributed by atoms with Crippen molar-refractivity contribution in [2.75, 3.05) is 0 Å². The average Bonchev–Trinajstić information content (AvgIpc) is 2.14. The molecule has 2 nitrogen and oxygen atoms in total. The predicted octanol–water partition coefficient (Wildman–Crippen LogP) is 3.17. The molecule has 0 spiro atoms. The molecule has 2 heteroatoms. The van der Waals surface area contributed by atoms with Crippen molar-refractivity contribution in [3.05, 3.63) is 29.3 Å². The van der Waals surface area contributed by atoms with Gasteiger partial charge in [0.25, 0.3) is 0 Å². The number of carbonyl (C=O) groups excluding carboxylic acids is 1. The van der Waals surface area contributed by atoms with Gasteiger partial charge in [-0.3, -0.25) is 0 Å². The normalized spacial score (nSPS) is 12.5. The molecule has 0 fully saturated rings. The number of aromatic hydroxyl groups is 1. The first kappa shape index (κ1) is 11.8. The Bertz CT molecular complexity index is 356. The Hall–Kier alpha value is -1.31. The lowest BCUT2D eigenvalue weighted by molar-refractivity contribution is -0.117. The second-order valence-electron chi connectivity index (χ2n) is 4.18. The number of rotatable bonds is 4. The van der Waals surface area contributed by atoms with E-state index in [0.717, 1.165) is 12.0 Å². The Kier molecular flexibility index (Phi) is 3.89. The van der Waals surface area contributed by atoms with Crippen molar-refractivity contribution in [3.63, 3.8) is 0 Å². The van der Waals surface area contributed by atoms with Crippen molar-refractivity contribution in [3.8, 4) is 5.75 Å². The van der Waals surface area contributed by atoms with Crippen LogP contribution < -0.4 is 0 Å². The van der Waals surface area contributed by atoms with E-state index in [1.165, 1.54) is 5.56 Å². The summed E-state index contributed by atoms with van der Waals surface area (Å²) in [7, 11) is 0. The van der Waals surface area contributed by atoms with Crippen molar-refractivity contribution in [2.45, 2.75) is 39.5 Å². The van der Waals surface area contributed by atoms with Crippen molar-refractivity contribution in [2.24, 2.45) is 0 Å². The SMILES string of the molecule is CC(=O)CCC(C)c1ccc(O)cc1C. The number of carbonyl (C=O) groups is 1. The summed E-state index contributed by atoms with van der Waals surface area (Å²) in [5.74, 6) is 0.905. The maximum Gasteiger partial charge on any atom is 0.129 e. The van der Waals surface area contributed by atoms with Gasteiger partial charge in [0.05, 0.1) is 0 Å². The lowest BCUT2D eigenvalue weighted by Gasteiger charge is -2.14. The van der Waals surface area contributed by atoms with Gasteiger partial charge in [-0.25, -0.2) is 0 Å². The van der Waals surface area contributed by atoms with E-state index in [9.17, 15) is 9.90 Å². The van der Waals surface area contributed by atoms with E-state index >= 15 is 0 Å². The van der Waals surface area contributed by atoms with Gasteiger partial charge in [-0.05, 0) is 49.4 Å². The maximum atomic E-state index is 10.9. The third kappa shape index (κ3) is 3.39. The zero-order valence-electron chi connectivity index (χ0n) is 9.58. The number of hydrogen-bond acceptors (Lipinski definition) is 2. The summed E-state index contributed by atoms with van der Waals surface area (Å²) in [6.45, 7) is 5.72. The predicted molar refractivity (Wildman–Crippen MR) is 61.2 cm³/mol. The van der Waals surface area contributed by atoms with Gasteiger partial charge < -0.3 is 9.90 Å². The average molecular weight is 206 g/mol. The van der Waals surface area contributed by atoms with Crippen LogP contribution in [0, 0.1) is 6.92 Å². The van der Waals surface area contributed by atoms with Gasteiger partial charge in [-0.1, -0.05) is 13.0 Å². The molecule has 0 radical (unpaired) electrons. The lowest BCUT2D eigenvalue weighted by Crippen LogP contribution is -1.99. The molecule has 0 amide bonds. The van der Waals surface area contributed by atoms with Crippen LogP contribution >= 0.6 is 0 Å². The third-order valence-corrected chi connectivity index (χ3v) is 2.71. The number of Topliss-reactive ketones (excluding diaryl/α,β-unsaturated/α-hetero) is 1. The molecule has 0 aliphatic rings. The first-order valence-corrected chi connectivity index (χ1v) is 5.29. The smallest absolute Gasteiger partial charge is 0.129 e. The Labute approximate surface area is 90.9 Å². The fourth-order valence-corrected chi connectivity index (χ4v) is 1.79. The summed E-state index contributed by atoms with van der Waals surface area (Å²) in [5.41, 5.74) is 2.31. The molecule has 0 aromatic heterocycles. The number of phenols is 1. The van der Waals surface area contributed by atoms with Crippen LogP contribution in [0.15, 0.2) is 18.2 Å². The van der Waals surface area contributed by atoms with Gasteiger partial charge in [0.15, 0.2) is 0 Å². The van der Waals surface area contributed by atoms with E-state index in [0.29, 0.717) is 18.1 Å². The highest BCUT2D eigenvalue weighted by Crippen LogP contribution is 2.26. The first-order valence-electron chi connectivity index (χ1n) is 5.29. The van der Waals surface area contributed by atoms with Crippen LogP contribution in [-0.2, 0) is 4.79 Å². The Morgan fingerprint density at radius 2 is 2.13 bits per heavy atom. The molecule has 0 aliphatic heterocycles. The van der Waals surface area contributed by atoms with E-state index in [-0.39, 0.29) is 5.78 Å². The molecular formula is C13H18O2. The second-order valence-corrected chi connectivity index (χ2v) is 4.18. The summed E-state index contributed by atoms with van der Waals surface area (Å²) in [4.78, 5) is 10.9. The third-order valence-electron chi connectivity index (χ3n) is 2.71. The summed E-state index contributed by atoms with van der Waals surface area (Å²) in [6.07, 6.45) is 1.50. The molecule has 0 bridgehead atoms. The number of ketones is 1. The molecule has 15 heavy (non-hydrogen) atoms. The van der Waals surface area contributed by atoms with Crippen molar-refractivity contribution >= 4 is 5.78 Å². The second kappa shape index (κ2) is 4.96. The fraction of sp³-hybridized carbons (Fsp3) is 0.462. The van der Waals surface area contributed by atoms with E-state index in [2.05, 4.69) is 6.92 Å². The largest absolute Gasteiger partial charge is 0.508 e. The molecule has 1 aromatic rings. The first-order chi connectivity index (χ1) is 7.00. The molecule has 1 unspecified atom stereocenters. The topological polar surface area (TPSA) is 37.3 Å². The molecule has 0 saturated carbocycles. The van der Waals surface area contributed by atoms with Gasteiger partial charge in [0.2, 0.25) is 0 Å². The highest BCUT2D eigenvalue weighted by Gasteiger charge is 2.09. The van der Waals surface area contributed by atoms with Crippen molar-refractivity contribution in [1.29, 1.82) is 0 Å². The van der Waals surface area contributed by atoms with Gasteiger partial charge in [0.1, 0.15) is 11.5 Å². The zero-order chi connectivity index (χ0) is 11.4. The summed E-state index contributed by atoms with van der Waals surface area (Å²) in [5, 5.41) is 9.28. The standard InChI is InChI=1S/C13H18O2/c1-9(4-5-11(3)14)13-7-6-12(15)8-10(13)2/h6-9,15H,4-5H2,1-3H3. The van der Waals surface area contributed by atoms with Gasteiger partial charge in [-0.15, -0.1) is 0 Å². The maximum absolute atomic E-state index is 10.9. The monoisotopic (exact) mass is 206 g/mol. The molecule has 1 aromatic carbocycles. The van der Waals surface area contributed by atoms with Crippen LogP contribution in [0.25, 0.3) is 0 Å². The number of benzene rings is 1. The molecule has 82 valence electrons. The van der Waals surface area contributed by atoms with E-state index < -0.39 is 0 Å². The van der Waals surface area contributed by atoms with Crippen molar-refractivity contribution in [1.82, 2.24) is 0 Å². The quantitative estimate of drug-likeness (QED) is 0.821. The van der Waals surface area contributed by atoms with Gasteiger partial charge in [0, 0.05) is 6.42 Å². The van der Waals surface area contributed by atoms with Crippen LogP contribution in [0.1, 0.15) is 43.7 Å². The Morgan fingerprint density at radius 1 is 1.47 bits per heavy atom. The lowest BCUT2D eigenvalue weighted by atomic mass is 9.92. The minimum absolute atomic E-state index is 0.235. The summed E-state index contributed by atoms with van der Waals surface area (Å²) >= 11 is 0. The Morgan fingerprint density at radius 3 is 2.67 bits per heavy atom. The molecule has 1 N–H and O–H groups in total. The molecule has 1 atom stereocenters. The van der Waals surface area contributed by atoms with E-state index in [4.69, 9.17) is 0 Å². The van der Waals surface area contributed by atoms with Crippen LogP contribution in [0.4, 0.5) is 0 Å². The van der Waals surface area contributed by atoms with Crippen LogP contribution in [-0.4, -0.2) is 10.9 Å². The molecule has 0 aliphatic carbocycles. The fourth-order valence-electron chi connectivity index (χ4n) is 1.79. The highest BCUT2D eigenvalue weighted by atomic mass is 16.3. The summed E-state index contributed by atoms with van der Waals surface area (Å²) < 4.78 is 0. The molecule has 0 heterocycles. The van der Waals surface area contributed by atoms with Gasteiger partial charge in [-0.2, -0.15) is 0 Å². The zero-order valence-corrected chi connectivity index (χ0v) is 9.58.